The first-order valence-corrected chi connectivity index (χ1v) is 7.12. The predicted octanol–water partition coefficient (Wildman–Crippen LogP) is 5.25. The van der Waals surface area contributed by atoms with Crippen LogP contribution in [-0.2, 0) is 0 Å². The third-order valence-corrected chi connectivity index (χ3v) is 1.38. The first-order valence-electron chi connectivity index (χ1n) is 7.12. The van der Waals surface area contributed by atoms with Crippen molar-refractivity contribution in [3.05, 3.63) is 0 Å². The van der Waals surface area contributed by atoms with Gasteiger partial charge in [-0.2, -0.15) is 0 Å². The fraction of sp³-hybridized carbons (Fsp3) is 1.00. The zero-order chi connectivity index (χ0) is 12.9. The lowest BCUT2D eigenvalue weighted by Crippen LogP contribution is -2.15. The van der Waals surface area contributed by atoms with Crippen LogP contribution in [0.3, 0.4) is 0 Å². The van der Waals surface area contributed by atoms with Crippen LogP contribution in [0.2, 0.25) is 0 Å². The summed E-state index contributed by atoms with van der Waals surface area (Å²) in [7, 11) is 0. The largest absolute Gasteiger partial charge is 0.317 e. The molecule has 0 rings (SSSR count). The van der Waals surface area contributed by atoms with Gasteiger partial charge in [-0.1, -0.05) is 68.2 Å². The van der Waals surface area contributed by atoms with Crippen molar-refractivity contribution in [2.24, 2.45) is 0 Å². The second kappa shape index (κ2) is 48.4. The molecule has 1 N–H and O–H groups in total. The third kappa shape index (κ3) is 56.2. The molecule has 0 aliphatic rings. The Kier molecular flexibility index (Phi) is 78.3. The zero-order valence-corrected chi connectivity index (χ0v) is 12.7. The molecule has 0 radical (unpaired) electrons. The van der Waals surface area contributed by atoms with E-state index in [2.05, 4.69) is 19.2 Å². The molecule has 0 aromatic rings. The van der Waals surface area contributed by atoms with Crippen molar-refractivity contribution in [1.82, 2.24) is 5.32 Å². The molecule has 0 aliphatic carbocycles. The highest BCUT2D eigenvalue weighted by Gasteiger charge is 1.83. The van der Waals surface area contributed by atoms with Gasteiger partial charge < -0.3 is 5.32 Å². The zero-order valence-electron chi connectivity index (χ0n) is 12.7. The number of unbranched alkanes of at least 4 members (excludes halogenated alkanes) is 2. The van der Waals surface area contributed by atoms with Crippen molar-refractivity contribution in [2.75, 3.05) is 13.1 Å². The molecule has 0 saturated carbocycles. The second-order valence-corrected chi connectivity index (χ2v) is 2.46. The highest BCUT2D eigenvalue weighted by molar-refractivity contribution is 4.45. The minimum Gasteiger partial charge on any atom is -0.317 e. The molecule has 0 amide bonds. The van der Waals surface area contributed by atoms with Gasteiger partial charge in [0.1, 0.15) is 0 Å². The van der Waals surface area contributed by atoms with E-state index >= 15 is 0 Å². The predicted molar refractivity (Wildman–Crippen MR) is 76.7 cm³/mol. The SMILES string of the molecule is CC.CC.CC.CCCCCNCCC. The van der Waals surface area contributed by atoms with E-state index in [4.69, 9.17) is 0 Å². The van der Waals surface area contributed by atoms with Gasteiger partial charge in [-0.05, 0) is 25.9 Å². The summed E-state index contributed by atoms with van der Waals surface area (Å²) in [6.45, 7) is 18.8. The first kappa shape index (κ1) is 24.3. The monoisotopic (exact) mass is 219 g/mol. The van der Waals surface area contributed by atoms with E-state index in [0.717, 1.165) is 0 Å². The van der Waals surface area contributed by atoms with E-state index < -0.39 is 0 Å². The van der Waals surface area contributed by atoms with Crippen LogP contribution in [-0.4, -0.2) is 13.1 Å². The van der Waals surface area contributed by atoms with Crippen LogP contribution in [0.25, 0.3) is 0 Å². The Morgan fingerprint density at radius 1 is 0.600 bits per heavy atom. The van der Waals surface area contributed by atoms with Gasteiger partial charge in [0.05, 0.1) is 0 Å². The summed E-state index contributed by atoms with van der Waals surface area (Å²) in [5.74, 6) is 0. The molecule has 0 bridgehead atoms. The summed E-state index contributed by atoms with van der Waals surface area (Å²) in [4.78, 5) is 0. The summed E-state index contributed by atoms with van der Waals surface area (Å²) in [6, 6.07) is 0. The van der Waals surface area contributed by atoms with E-state index in [9.17, 15) is 0 Å². The maximum absolute atomic E-state index is 3.37. The number of rotatable bonds is 6. The number of nitrogens with one attached hydrogen (secondary N) is 1. The van der Waals surface area contributed by atoms with Gasteiger partial charge in [0.15, 0.2) is 0 Å². The van der Waals surface area contributed by atoms with Crippen molar-refractivity contribution >= 4 is 0 Å². The van der Waals surface area contributed by atoms with Crippen LogP contribution in [0.5, 0.6) is 0 Å². The van der Waals surface area contributed by atoms with Crippen LogP contribution >= 0.6 is 0 Å². The van der Waals surface area contributed by atoms with Gasteiger partial charge in [0.2, 0.25) is 0 Å². The smallest absolute Gasteiger partial charge is 0.00489 e. The average Bonchev–Trinajstić information content (AvgIpc) is 2.37. The lowest BCUT2D eigenvalue weighted by atomic mass is 10.2. The molecule has 1 heteroatoms. The van der Waals surface area contributed by atoms with Crippen LogP contribution in [0, 0.1) is 0 Å². The molecule has 0 spiro atoms. The van der Waals surface area contributed by atoms with Crippen molar-refractivity contribution in [3.8, 4) is 0 Å². The summed E-state index contributed by atoms with van der Waals surface area (Å²) in [5.41, 5.74) is 0. The molecular weight excluding hydrogens is 182 g/mol. The molecule has 0 aromatic heterocycles. The lowest BCUT2D eigenvalue weighted by molar-refractivity contribution is 0.611. The lowest BCUT2D eigenvalue weighted by Gasteiger charge is -1.99. The van der Waals surface area contributed by atoms with Crippen molar-refractivity contribution in [2.45, 2.75) is 81.1 Å². The Morgan fingerprint density at radius 3 is 1.40 bits per heavy atom. The number of hydrogen-bond donors (Lipinski definition) is 1. The van der Waals surface area contributed by atoms with Crippen molar-refractivity contribution in [1.29, 1.82) is 0 Å². The average molecular weight is 219 g/mol. The topological polar surface area (TPSA) is 12.0 Å². The van der Waals surface area contributed by atoms with Gasteiger partial charge in [-0.15, -0.1) is 0 Å². The van der Waals surface area contributed by atoms with E-state index in [-0.39, 0.29) is 0 Å². The maximum Gasteiger partial charge on any atom is -0.00489 e. The molecule has 0 unspecified atom stereocenters. The number of hydrogen-bond acceptors (Lipinski definition) is 1. The molecule has 0 aromatic carbocycles. The molecule has 0 heterocycles. The summed E-state index contributed by atoms with van der Waals surface area (Å²) < 4.78 is 0. The first-order chi connectivity index (χ1) is 7.41. The normalized spacial score (nSPS) is 7.20. The Labute approximate surface area is 100 Å². The van der Waals surface area contributed by atoms with Gasteiger partial charge >= 0.3 is 0 Å². The fourth-order valence-corrected chi connectivity index (χ4v) is 0.802. The second-order valence-electron chi connectivity index (χ2n) is 2.46. The van der Waals surface area contributed by atoms with Crippen LogP contribution in [0.4, 0.5) is 0 Å². The van der Waals surface area contributed by atoms with Crippen molar-refractivity contribution < 1.29 is 0 Å². The molecule has 15 heavy (non-hydrogen) atoms. The van der Waals surface area contributed by atoms with Crippen LogP contribution in [0.1, 0.15) is 81.1 Å². The van der Waals surface area contributed by atoms with Gasteiger partial charge in [-0.3, -0.25) is 0 Å². The Morgan fingerprint density at radius 2 is 1.07 bits per heavy atom. The minimum absolute atomic E-state index is 1.18. The molecule has 0 aliphatic heterocycles. The summed E-state index contributed by atoms with van der Waals surface area (Å²) in [5, 5.41) is 3.37. The molecule has 98 valence electrons. The maximum atomic E-state index is 3.37. The Balaban J connectivity index is -0.0000000860. The highest BCUT2D eigenvalue weighted by Crippen LogP contribution is 1.90. The molecule has 0 atom stereocenters. The van der Waals surface area contributed by atoms with Gasteiger partial charge in [0, 0.05) is 0 Å². The summed E-state index contributed by atoms with van der Waals surface area (Å²) in [6.07, 6.45) is 5.30. The van der Waals surface area contributed by atoms with E-state index in [1.165, 1.54) is 38.8 Å². The van der Waals surface area contributed by atoms with E-state index in [1.807, 2.05) is 41.5 Å². The fourth-order valence-electron chi connectivity index (χ4n) is 0.802. The van der Waals surface area contributed by atoms with Gasteiger partial charge in [0.25, 0.3) is 0 Å². The van der Waals surface area contributed by atoms with Crippen molar-refractivity contribution in [3.63, 3.8) is 0 Å². The van der Waals surface area contributed by atoms with E-state index in [1.54, 1.807) is 0 Å². The van der Waals surface area contributed by atoms with Crippen LogP contribution < -0.4 is 5.32 Å². The third-order valence-electron chi connectivity index (χ3n) is 1.38. The van der Waals surface area contributed by atoms with E-state index in [0.29, 0.717) is 0 Å². The summed E-state index contributed by atoms with van der Waals surface area (Å²) >= 11 is 0. The van der Waals surface area contributed by atoms with Crippen LogP contribution in [0.15, 0.2) is 0 Å². The Bertz CT molecular complexity index is 38.6. The molecular formula is C14H37N. The minimum atomic E-state index is 1.18. The molecule has 1 nitrogen and oxygen atoms in total. The Hall–Kier alpha value is -0.0400. The molecule has 0 fully saturated rings. The highest BCUT2D eigenvalue weighted by atomic mass is 14.8. The quantitative estimate of drug-likeness (QED) is 0.601. The molecule has 0 saturated heterocycles. The standard InChI is InChI=1S/C8H19N.3C2H6/c1-3-5-6-8-9-7-4-2;3*1-2/h9H,3-8H2,1-2H3;3*1-2H3. The van der Waals surface area contributed by atoms with Gasteiger partial charge in [-0.25, -0.2) is 0 Å².